The van der Waals surface area contributed by atoms with Crippen LogP contribution in [0.3, 0.4) is 0 Å². The molecule has 0 fully saturated rings. The summed E-state index contributed by atoms with van der Waals surface area (Å²) in [5.74, 6) is 0.0242. The molecule has 0 aliphatic heterocycles. The molecule has 0 aliphatic rings. The Labute approximate surface area is 101 Å². The Kier molecular flexibility index (Phi) is 4.91. The zero-order chi connectivity index (χ0) is 11.4. The van der Waals surface area contributed by atoms with Gasteiger partial charge in [0.25, 0.3) is 0 Å². The van der Waals surface area contributed by atoms with Gasteiger partial charge in [-0.1, -0.05) is 43.5 Å². The summed E-state index contributed by atoms with van der Waals surface area (Å²) in [6, 6.07) is 5.36. The lowest BCUT2D eigenvalue weighted by atomic mass is 9.93. The van der Waals surface area contributed by atoms with Gasteiger partial charge in [0.1, 0.15) is 0 Å². The number of rotatable bonds is 4. The molecule has 3 heteroatoms. The fraction of sp³-hybridized carbons (Fsp3) is 0.500. The summed E-state index contributed by atoms with van der Waals surface area (Å²) in [7, 11) is 0. The van der Waals surface area contributed by atoms with Gasteiger partial charge in [-0.15, -0.1) is 0 Å². The van der Waals surface area contributed by atoms with Gasteiger partial charge >= 0.3 is 0 Å². The number of aliphatic hydroxyl groups excluding tert-OH is 1. The molecule has 2 atom stereocenters. The highest BCUT2D eigenvalue weighted by Gasteiger charge is 2.18. The zero-order valence-electron chi connectivity index (χ0n) is 9.00. The average Bonchev–Trinajstić information content (AvgIpc) is 2.21. The molecule has 0 saturated heterocycles. The van der Waals surface area contributed by atoms with E-state index in [0.717, 1.165) is 18.4 Å². The van der Waals surface area contributed by atoms with E-state index < -0.39 is 0 Å². The third kappa shape index (κ3) is 3.37. The lowest BCUT2D eigenvalue weighted by Crippen LogP contribution is -2.15. The molecular formula is C12H16Cl2O. The Morgan fingerprint density at radius 3 is 2.60 bits per heavy atom. The third-order valence-corrected chi connectivity index (χ3v) is 3.19. The van der Waals surface area contributed by atoms with E-state index in [0.29, 0.717) is 10.0 Å². The Bertz CT molecular complexity index is 325. The normalized spacial score (nSPS) is 15.0. The minimum atomic E-state index is -0.356. The van der Waals surface area contributed by atoms with Gasteiger partial charge in [-0.25, -0.2) is 0 Å². The van der Waals surface area contributed by atoms with Crippen LogP contribution in [-0.2, 0) is 0 Å². The molecule has 0 aliphatic carbocycles. The molecule has 0 spiro atoms. The SMILES string of the molecule is CCCC(O)C(C)c1cc(Cl)ccc1Cl. The van der Waals surface area contributed by atoms with Crippen LogP contribution in [0, 0.1) is 0 Å². The van der Waals surface area contributed by atoms with Gasteiger partial charge in [-0.3, -0.25) is 0 Å². The lowest BCUT2D eigenvalue weighted by Gasteiger charge is -2.19. The first-order valence-corrected chi connectivity index (χ1v) is 5.94. The van der Waals surface area contributed by atoms with Crippen molar-refractivity contribution in [3.05, 3.63) is 33.8 Å². The molecule has 1 aromatic carbocycles. The molecule has 1 aromatic rings. The Morgan fingerprint density at radius 2 is 2.00 bits per heavy atom. The standard InChI is InChI=1S/C12H16Cl2O/c1-3-4-12(15)8(2)10-7-9(13)5-6-11(10)14/h5-8,12,15H,3-4H2,1-2H3. The maximum absolute atomic E-state index is 9.88. The molecule has 0 bridgehead atoms. The quantitative estimate of drug-likeness (QED) is 0.842. The van der Waals surface area contributed by atoms with Gasteiger partial charge in [0.15, 0.2) is 0 Å². The van der Waals surface area contributed by atoms with Crippen molar-refractivity contribution >= 4 is 23.2 Å². The minimum absolute atomic E-state index is 0.0242. The van der Waals surface area contributed by atoms with E-state index in [2.05, 4.69) is 6.92 Å². The van der Waals surface area contributed by atoms with Crippen LogP contribution in [0.15, 0.2) is 18.2 Å². The highest BCUT2D eigenvalue weighted by atomic mass is 35.5. The maximum atomic E-state index is 9.88. The molecule has 0 heterocycles. The Morgan fingerprint density at radius 1 is 1.33 bits per heavy atom. The van der Waals surface area contributed by atoms with Crippen LogP contribution in [0.5, 0.6) is 0 Å². The van der Waals surface area contributed by atoms with Crippen molar-refractivity contribution in [2.24, 2.45) is 0 Å². The highest BCUT2D eigenvalue weighted by molar-refractivity contribution is 6.33. The van der Waals surface area contributed by atoms with Crippen molar-refractivity contribution in [1.29, 1.82) is 0 Å². The zero-order valence-corrected chi connectivity index (χ0v) is 10.5. The van der Waals surface area contributed by atoms with Crippen LogP contribution >= 0.6 is 23.2 Å². The monoisotopic (exact) mass is 246 g/mol. The predicted molar refractivity (Wildman–Crippen MR) is 65.8 cm³/mol. The number of aliphatic hydroxyl groups is 1. The first kappa shape index (κ1) is 12.8. The molecule has 0 aromatic heterocycles. The van der Waals surface area contributed by atoms with Crippen molar-refractivity contribution in [2.75, 3.05) is 0 Å². The van der Waals surface area contributed by atoms with E-state index in [4.69, 9.17) is 23.2 Å². The van der Waals surface area contributed by atoms with Gasteiger partial charge in [-0.05, 0) is 30.2 Å². The summed E-state index contributed by atoms with van der Waals surface area (Å²) >= 11 is 12.0. The lowest BCUT2D eigenvalue weighted by molar-refractivity contribution is 0.139. The van der Waals surface area contributed by atoms with Gasteiger partial charge in [0, 0.05) is 16.0 Å². The molecule has 1 N–H and O–H groups in total. The first-order valence-electron chi connectivity index (χ1n) is 5.19. The van der Waals surface area contributed by atoms with E-state index >= 15 is 0 Å². The largest absolute Gasteiger partial charge is 0.393 e. The number of benzene rings is 1. The van der Waals surface area contributed by atoms with Gasteiger partial charge in [0.2, 0.25) is 0 Å². The summed E-state index contributed by atoms with van der Waals surface area (Å²) in [5.41, 5.74) is 0.921. The Balaban J connectivity index is 2.89. The molecule has 0 radical (unpaired) electrons. The Hall–Kier alpha value is -0.240. The van der Waals surface area contributed by atoms with Crippen LogP contribution in [0.25, 0.3) is 0 Å². The molecule has 84 valence electrons. The number of hydrogen-bond acceptors (Lipinski definition) is 1. The minimum Gasteiger partial charge on any atom is -0.393 e. The molecule has 15 heavy (non-hydrogen) atoms. The van der Waals surface area contributed by atoms with Crippen LogP contribution < -0.4 is 0 Å². The predicted octanol–water partition coefficient (Wildman–Crippen LogP) is 4.26. The second-order valence-electron chi connectivity index (χ2n) is 3.81. The molecule has 1 rings (SSSR count). The molecule has 1 nitrogen and oxygen atoms in total. The number of hydrogen-bond donors (Lipinski definition) is 1. The van der Waals surface area contributed by atoms with Crippen LogP contribution in [0.1, 0.15) is 38.2 Å². The van der Waals surface area contributed by atoms with Crippen molar-refractivity contribution in [1.82, 2.24) is 0 Å². The highest BCUT2D eigenvalue weighted by Crippen LogP contribution is 2.30. The summed E-state index contributed by atoms with van der Waals surface area (Å²) in [6.45, 7) is 4.02. The topological polar surface area (TPSA) is 20.2 Å². The van der Waals surface area contributed by atoms with Crippen LogP contribution in [0.4, 0.5) is 0 Å². The van der Waals surface area contributed by atoms with Crippen LogP contribution in [0.2, 0.25) is 10.0 Å². The molecule has 2 unspecified atom stereocenters. The summed E-state index contributed by atoms with van der Waals surface area (Å²) in [6.07, 6.45) is 1.39. The second kappa shape index (κ2) is 5.74. The maximum Gasteiger partial charge on any atom is 0.0606 e. The van der Waals surface area contributed by atoms with Crippen molar-refractivity contribution in [3.8, 4) is 0 Å². The van der Waals surface area contributed by atoms with E-state index in [1.54, 1.807) is 12.1 Å². The number of halogens is 2. The van der Waals surface area contributed by atoms with E-state index in [1.165, 1.54) is 0 Å². The smallest absolute Gasteiger partial charge is 0.0606 e. The van der Waals surface area contributed by atoms with Crippen molar-refractivity contribution in [2.45, 2.75) is 38.7 Å². The van der Waals surface area contributed by atoms with Gasteiger partial charge < -0.3 is 5.11 Å². The fourth-order valence-electron chi connectivity index (χ4n) is 1.62. The molecule has 0 amide bonds. The average molecular weight is 247 g/mol. The summed E-state index contributed by atoms with van der Waals surface area (Å²) in [4.78, 5) is 0. The fourth-order valence-corrected chi connectivity index (χ4v) is 2.09. The third-order valence-electron chi connectivity index (χ3n) is 2.61. The van der Waals surface area contributed by atoms with E-state index in [1.807, 2.05) is 13.0 Å². The summed E-state index contributed by atoms with van der Waals surface area (Å²) < 4.78 is 0. The van der Waals surface area contributed by atoms with E-state index in [-0.39, 0.29) is 12.0 Å². The molecular weight excluding hydrogens is 231 g/mol. The van der Waals surface area contributed by atoms with Gasteiger partial charge in [0.05, 0.1) is 6.10 Å². The van der Waals surface area contributed by atoms with Crippen molar-refractivity contribution < 1.29 is 5.11 Å². The van der Waals surface area contributed by atoms with Crippen molar-refractivity contribution in [3.63, 3.8) is 0 Å². The second-order valence-corrected chi connectivity index (χ2v) is 4.65. The van der Waals surface area contributed by atoms with E-state index in [9.17, 15) is 5.11 Å². The first-order chi connectivity index (χ1) is 7.06. The molecule has 0 saturated carbocycles. The summed E-state index contributed by atoms with van der Waals surface area (Å²) in [5, 5.41) is 11.2. The van der Waals surface area contributed by atoms with Gasteiger partial charge in [-0.2, -0.15) is 0 Å². The van der Waals surface area contributed by atoms with Crippen LogP contribution in [-0.4, -0.2) is 11.2 Å².